The lowest BCUT2D eigenvalue weighted by molar-refractivity contribution is -0.274. The number of nitrogens with two attached hydrogens (primary N) is 2. The Balaban J connectivity index is 3.21. The van der Waals surface area contributed by atoms with Crippen LogP contribution in [0.15, 0.2) is 6.20 Å². The summed E-state index contributed by atoms with van der Waals surface area (Å²) in [6.07, 6.45) is -7.55. The average molecular weight is 243 g/mol. The van der Waals surface area contributed by atoms with Crippen LogP contribution in [0.5, 0.6) is 5.75 Å². The Kier molecular flexibility index (Phi) is 3.06. The van der Waals surface area contributed by atoms with Crippen LogP contribution in [0.1, 0.15) is 12.0 Å². The van der Waals surface area contributed by atoms with E-state index in [4.69, 9.17) is 11.5 Å². The molecule has 0 aromatic carbocycles. The molecule has 1 heterocycles. The first-order valence-electron chi connectivity index (χ1n) is 3.80. The van der Waals surface area contributed by atoms with E-state index in [-0.39, 0.29) is 0 Å². The topological polar surface area (TPSA) is 74.2 Å². The molecule has 9 heteroatoms. The standard InChI is InChI=1S/C7H6F5N3O/c8-5(9)2-1-15-6(14)4(3(2)13)16-7(10,11)12/h1,5H,(H4,13,14,15). The van der Waals surface area contributed by atoms with Crippen LogP contribution >= 0.6 is 0 Å². The minimum absolute atomic E-state index is 0.596. The van der Waals surface area contributed by atoms with Gasteiger partial charge in [-0.3, -0.25) is 0 Å². The van der Waals surface area contributed by atoms with Gasteiger partial charge in [-0.05, 0) is 0 Å². The SMILES string of the molecule is Nc1ncc(C(F)F)c(N)c1OC(F)(F)F. The lowest BCUT2D eigenvalue weighted by Gasteiger charge is -2.14. The van der Waals surface area contributed by atoms with Gasteiger partial charge in [-0.1, -0.05) is 0 Å². The zero-order valence-corrected chi connectivity index (χ0v) is 7.55. The molecule has 0 amide bonds. The van der Waals surface area contributed by atoms with Gasteiger partial charge < -0.3 is 16.2 Å². The number of hydrogen-bond donors (Lipinski definition) is 2. The summed E-state index contributed by atoms with van der Waals surface area (Å²) in [5.41, 5.74) is 8.36. The van der Waals surface area contributed by atoms with E-state index in [1.54, 1.807) is 0 Å². The summed E-state index contributed by atoms with van der Waals surface area (Å²) >= 11 is 0. The smallest absolute Gasteiger partial charge is 0.400 e. The number of nitrogen functional groups attached to an aromatic ring is 2. The van der Waals surface area contributed by atoms with Crippen LogP contribution in [-0.4, -0.2) is 11.3 Å². The Morgan fingerprint density at radius 3 is 2.25 bits per heavy atom. The zero-order valence-electron chi connectivity index (χ0n) is 7.55. The van der Waals surface area contributed by atoms with Crippen molar-refractivity contribution in [2.45, 2.75) is 12.8 Å². The second kappa shape index (κ2) is 3.99. The maximum absolute atomic E-state index is 12.3. The average Bonchev–Trinajstić information content (AvgIpc) is 2.10. The Hall–Kier alpha value is -1.80. The fraction of sp³-hybridized carbons (Fsp3) is 0.286. The lowest BCUT2D eigenvalue weighted by atomic mass is 10.2. The van der Waals surface area contributed by atoms with Crippen molar-refractivity contribution in [3.63, 3.8) is 0 Å². The van der Waals surface area contributed by atoms with E-state index in [0.717, 1.165) is 0 Å². The molecule has 16 heavy (non-hydrogen) atoms. The van der Waals surface area contributed by atoms with Crippen molar-refractivity contribution < 1.29 is 26.7 Å². The first-order valence-corrected chi connectivity index (χ1v) is 3.80. The second-order valence-corrected chi connectivity index (χ2v) is 2.69. The molecule has 0 radical (unpaired) electrons. The van der Waals surface area contributed by atoms with Gasteiger partial charge in [0.1, 0.15) is 0 Å². The summed E-state index contributed by atoms with van der Waals surface area (Å²) in [7, 11) is 0. The molecule has 1 aromatic heterocycles. The molecule has 1 aromatic rings. The van der Waals surface area contributed by atoms with Crippen LogP contribution < -0.4 is 16.2 Å². The molecule has 0 saturated heterocycles. The predicted molar refractivity (Wildman–Crippen MR) is 44.7 cm³/mol. The van der Waals surface area contributed by atoms with E-state index in [1.807, 2.05) is 0 Å². The molecule has 0 bridgehead atoms. The van der Waals surface area contributed by atoms with Crippen LogP contribution in [0.3, 0.4) is 0 Å². The molecule has 0 spiro atoms. The third-order valence-corrected chi connectivity index (χ3v) is 1.58. The van der Waals surface area contributed by atoms with E-state index in [1.165, 1.54) is 0 Å². The lowest BCUT2D eigenvalue weighted by Crippen LogP contribution is -2.20. The van der Waals surface area contributed by atoms with Gasteiger partial charge in [0.15, 0.2) is 11.6 Å². The maximum atomic E-state index is 12.3. The molecular weight excluding hydrogens is 237 g/mol. The maximum Gasteiger partial charge on any atom is 0.573 e. The third-order valence-electron chi connectivity index (χ3n) is 1.58. The van der Waals surface area contributed by atoms with Crippen LogP contribution in [0, 0.1) is 0 Å². The van der Waals surface area contributed by atoms with Crippen molar-refractivity contribution >= 4 is 11.5 Å². The molecule has 4 N–H and O–H groups in total. The highest BCUT2D eigenvalue weighted by Crippen LogP contribution is 2.37. The third kappa shape index (κ3) is 2.61. The second-order valence-electron chi connectivity index (χ2n) is 2.69. The molecule has 0 unspecified atom stereocenters. The number of aromatic nitrogens is 1. The predicted octanol–water partition coefficient (Wildman–Crippen LogP) is 2.08. The number of hydrogen-bond acceptors (Lipinski definition) is 4. The molecule has 90 valence electrons. The molecule has 0 saturated carbocycles. The molecule has 4 nitrogen and oxygen atoms in total. The van der Waals surface area contributed by atoms with Crippen LogP contribution in [0.4, 0.5) is 33.5 Å². The number of nitrogens with zero attached hydrogens (tertiary/aromatic N) is 1. The van der Waals surface area contributed by atoms with Gasteiger partial charge in [0.2, 0.25) is 0 Å². The van der Waals surface area contributed by atoms with Crippen LogP contribution in [0.25, 0.3) is 0 Å². The van der Waals surface area contributed by atoms with Gasteiger partial charge >= 0.3 is 6.36 Å². The highest BCUT2D eigenvalue weighted by atomic mass is 19.4. The van der Waals surface area contributed by atoms with Crippen molar-refractivity contribution in [3.05, 3.63) is 11.8 Å². The quantitative estimate of drug-likeness (QED) is 0.780. The number of rotatable bonds is 2. The molecular formula is C7H6F5N3O. The number of anilines is 2. The Morgan fingerprint density at radius 1 is 1.25 bits per heavy atom. The summed E-state index contributed by atoms with van der Waals surface area (Å²) in [4.78, 5) is 3.14. The van der Waals surface area contributed by atoms with E-state index < -0.39 is 35.6 Å². The van der Waals surface area contributed by atoms with Gasteiger partial charge in [0.25, 0.3) is 6.43 Å². The summed E-state index contributed by atoms with van der Waals surface area (Å²) in [5, 5.41) is 0. The Labute approximate surface area is 86.0 Å². The molecule has 0 aliphatic carbocycles. The Bertz CT molecular complexity index is 392. The molecule has 0 fully saturated rings. The number of alkyl halides is 5. The van der Waals surface area contributed by atoms with Gasteiger partial charge in [-0.15, -0.1) is 13.2 Å². The number of pyridine rings is 1. The minimum atomic E-state index is -5.08. The van der Waals surface area contributed by atoms with E-state index in [9.17, 15) is 22.0 Å². The highest BCUT2D eigenvalue weighted by Gasteiger charge is 2.34. The molecule has 0 atom stereocenters. The van der Waals surface area contributed by atoms with Gasteiger partial charge in [-0.2, -0.15) is 0 Å². The van der Waals surface area contributed by atoms with Gasteiger partial charge in [-0.25, -0.2) is 13.8 Å². The number of ether oxygens (including phenoxy) is 1. The summed E-state index contributed by atoms with van der Waals surface area (Å²) in [6, 6.07) is 0. The minimum Gasteiger partial charge on any atom is -0.400 e. The van der Waals surface area contributed by atoms with Crippen molar-refractivity contribution in [1.82, 2.24) is 4.98 Å². The van der Waals surface area contributed by atoms with E-state index in [0.29, 0.717) is 6.20 Å². The molecule has 1 rings (SSSR count). The van der Waals surface area contributed by atoms with E-state index >= 15 is 0 Å². The largest absolute Gasteiger partial charge is 0.573 e. The first-order chi connectivity index (χ1) is 7.22. The highest BCUT2D eigenvalue weighted by molar-refractivity contribution is 5.67. The fourth-order valence-corrected chi connectivity index (χ4v) is 0.933. The summed E-state index contributed by atoms with van der Waals surface area (Å²) < 4.78 is 63.6. The normalized spacial score (nSPS) is 11.9. The first kappa shape index (κ1) is 12.3. The fourth-order valence-electron chi connectivity index (χ4n) is 0.933. The zero-order chi connectivity index (χ0) is 12.5. The van der Waals surface area contributed by atoms with Crippen molar-refractivity contribution in [3.8, 4) is 5.75 Å². The number of halogens is 5. The monoisotopic (exact) mass is 243 g/mol. The van der Waals surface area contributed by atoms with Gasteiger partial charge in [0, 0.05) is 6.20 Å². The van der Waals surface area contributed by atoms with Crippen molar-refractivity contribution in [2.24, 2.45) is 0 Å². The van der Waals surface area contributed by atoms with E-state index in [2.05, 4.69) is 9.72 Å². The van der Waals surface area contributed by atoms with Crippen molar-refractivity contribution in [2.75, 3.05) is 11.5 Å². The summed E-state index contributed by atoms with van der Waals surface area (Å²) in [5.74, 6) is -1.82. The van der Waals surface area contributed by atoms with Gasteiger partial charge in [0.05, 0.1) is 11.3 Å². The van der Waals surface area contributed by atoms with Crippen LogP contribution in [-0.2, 0) is 0 Å². The summed E-state index contributed by atoms with van der Waals surface area (Å²) in [6.45, 7) is 0. The molecule has 0 aliphatic heterocycles. The van der Waals surface area contributed by atoms with Crippen LogP contribution in [0.2, 0.25) is 0 Å². The Morgan fingerprint density at radius 2 is 1.81 bits per heavy atom. The van der Waals surface area contributed by atoms with Crippen molar-refractivity contribution in [1.29, 1.82) is 0 Å². The molecule has 0 aliphatic rings.